The third kappa shape index (κ3) is 2.11. The third-order valence-corrected chi connectivity index (χ3v) is 4.14. The van der Waals surface area contributed by atoms with Crippen molar-refractivity contribution in [3.05, 3.63) is 35.4 Å². The first-order valence-electron chi connectivity index (χ1n) is 6.70. The Morgan fingerprint density at radius 1 is 1.42 bits per heavy atom. The summed E-state index contributed by atoms with van der Waals surface area (Å²) >= 11 is 0. The number of amidine groups is 1. The van der Waals surface area contributed by atoms with Crippen LogP contribution in [0.5, 0.6) is 0 Å². The van der Waals surface area contributed by atoms with E-state index in [4.69, 9.17) is 5.11 Å². The van der Waals surface area contributed by atoms with Crippen LogP contribution in [0.15, 0.2) is 29.3 Å². The predicted molar refractivity (Wildman–Crippen MR) is 73.6 cm³/mol. The number of benzene rings is 1. The van der Waals surface area contributed by atoms with E-state index in [0.717, 1.165) is 42.9 Å². The first kappa shape index (κ1) is 12.2. The summed E-state index contributed by atoms with van der Waals surface area (Å²) in [4.78, 5) is 17.8. The Balaban J connectivity index is 2.01. The van der Waals surface area contributed by atoms with Crippen molar-refractivity contribution < 1.29 is 9.90 Å². The predicted octanol–water partition coefficient (Wildman–Crippen LogP) is 1.88. The lowest BCUT2D eigenvalue weighted by Gasteiger charge is -2.21. The number of aliphatic carboxylic acids is 1. The molecule has 100 valence electrons. The molecule has 0 amide bonds. The van der Waals surface area contributed by atoms with Gasteiger partial charge in [0.2, 0.25) is 0 Å². The maximum Gasteiger partial charge on any atom is 0.304 e. The lowest BCUT2D eigenvalue weighted by atomic mass is 9.88. The van der Waals surface area contributed by atoms with Crippen molar-refractivity contribution >= 4 is 11.8 Å². The second-order valence-corrected chi connectivity index (χ2v) is 5.52. The molecule has 0 aromatic heterocycles. The summed E-state index contributed by atoms with van der Waals surface area (Å²) in [6, 6.07) is 8.14. The molecule has 0 spiro atoms. The average Bonchev–Trinajstić information content (AvgIpc) is 3.02. The Kier molecular flexibility index (Phi) is 2.81. The minimum absolute atomic E-state index is 0.158. The molecule has 0 atom stereocenters. The highest BCUT2D eigenvalue weighted by Gasteiger charge is 2.47. The number of rotatable bonds is 4. The fourth-order valence-electron chi connectivity index (χ4n) is 2.95. The molecule has 1 heterocycles. The monoisotopic (exact) mass is 258 g/mol. The number of carbonyl (C=O) groups is 1. The minimum Gasteiger partial charge on any atom is -0.481 e. The summed E-state index contributed by atoms with van der Waals surface area (Å²) < 4.78 is 0. The molecular weight excluding hydrogens is 240 g/mol. The van der Waals surface area contributed by atoms with Gasteiger partial charge in [0.25, 0.3) is 0 Å². The molecule has 1 aliphatic heterocycles. The van der Waals surface area contributed by atoms with Crippen LogP contribution in [0, 0.1) is 0 Å². The maximum absolute atomic E-state index is 11.1. The number of hydrogen-bond acceptors (Lipinski definition) is 3. The zero-order chi connectivity index (χ0) is 13.5. The lowest BCUT2D eigenvalue weighted by Crippen LogP contribution is -2.26. The van der Waals surface area contributed by atoms with Gasteiger partial charge in [0.1, 0.15) is 5.84 Å². The maximum atomic E-state index is 11.1. The van der Waals surface area contributed by atoms with E-state index in [9.17, 15) is 4.79 Å². The topological polar surface area (TPSA) is 52.9 Å². The molecule has 0 radical (unpaired) electrons. The van der Waals surface area contributed by atoms with Crippen molar-refractivity contribution in [2.75, 3.05) is 20.1 Å². The molecule has 2 aliphatic rings. The van der Waals surface area contributed by atoms with E-state index >= 15 is 0 Å². The fourth-order valence-corrected chi connectivity index (χ4v) is 2.95. The number of likely N-dealkylation sites (N-methyl/N-ethyl adjacent to an activating group) is 1. The molecule has 19 heavy (non-hydrogen) atoms. The minimum atomic E-state index is -0.714. The van der Waals surface area contributed by atoms with E-state index in [2.05, 4.69) is 22.0 Å². The highest BCUT2D eigenvalue weighted by Crippen LogP contribution is 2.52. The molecule has 0 saturated heterocycles. The largest absolute Gasteiger partial charge is 0.481 e. The first-order chi connectivity index (χ1) is 9.12. The van der Waals surface area contributed by atoms with Crippen LogP contribution in [-0.2, 0) is 10.2 Å². The zero-order valence-electron chi connectivity index (χ0n) is 11.1. The van der Waals surface area contributed by atoms with Gasteiger partial charge in [0.05, 0.1) is 13.0 Å². The Bertz CT molecular complexity index is 547. The van der Waals surface area contributed by atoms with Crippen molar-refractivity contribution in [1.82, 2.24) is 4.90 Å². The molecule has 1 N–H and O–H groups in total. The number of hydrogen-bond donors (Lipinski definition) is 1. The number of aliphatic imine (C=N–C) groups is 1. The van der Waals surface area contributed by atoms with Crippen LogP contribution in [0.2, 0.25) is 0 Å². The number of carboxylic acid groups (broad SMARTS) is 1. The van der Waals surface area contributed by atoms with Crippen LogP contribution >= 0.6 is 0 Å². The molecule has 1 fully saturated rings. The van der Waals surface area contributed by atoms with Crippen molar-refractivity contribution in [3.8, 4) is 0 Å². The Labute approximate surface area is 112 Å². The second kappa shape index (κ2) is 4.37. The summed E-state index contributed by atoms with van der Waals surface area (Å²) in [6.45, 7) is 1.77. The molecule has 1 aliphatic carbocycles. The quantitative estimate of drug-likeness (QED) is 0.897. The molecule has 4 nitrogen and oxygen atoms in total. The van der Waals surface area contributed by atoms with Crippen LogP contribution in [-0.4, -0.2) is 41.9 Å². The van der Waals surface area contributed by atoms with Gasteiger partial charge < -0.3 is 10.0 Å². The number of nitrogens with zero attached hydrogens (tertiary/aromatic N) is 2. The molecule has 0 bridgehead atoms. The van der Waals surface area contributed by atoms with E-state index in [0.29, 0.717) is 0 Å². The fraction of sp³-hybridized carbons (Fsp3) is 0.467. The molecule has 1 aromatic rings. The Hall–Kier alpha value is -1.84. The van der Waals surface area contributed by atoms with Gasteiger partial charge >= 0.3 is 5.97 Å². The molecule has 1 aromatic carbocycles. The van der Waals surface area contributed by atoms with E-state index in [1.807, 2.05) is 19.2 Å². The third-order valence-electron chi connectivity index (χ3n) is 4.14. The van der Waals surface area contributed by atoms with Gasteiger partial charge in [-0.15, -0.1) is 0 Å². The van der Waals surface area contributed by atoms with Gasteiger partial charge in [0.15, 0.2) is 0 Å². The average molecular weight is 258 g/mol. The van der Waals surface area contributed by atoms with E-state index in [1.165, 1.54) is 0 Å². The lowest BCUT2D eigenvalue weighted by molar-refractivity contribution is -0.137. The highest BCUT2D eigenvalue weighted by molar-refractivity contribution is 6.01. The van der Waals surface area contributed by atoms with Crippen LogP contribution in [0.4, 0.5) is 0 Å². The first-order valence-corrected chi connectivity index (χ1v) is 6.70. The van der Waals surface area contributed by atoms with Gasteiger partial charge in [-0.3, -0.25) is 9.79 Å². The van der Waals surface area contributed by atoms with Gasteiger partial charge in [-0.05, 0) is 18.4 Å². The van der Waals surface area contributed by atoms with Crippen molar-refractivity contribution in [2.24, 2.45) is 4.99 Å². The summed E-state index contributed by atoms with van der Waals surface area (Å²) in [5.41, 5.74) is 2.11. The van der Waals surface area contributed by atoms with Crippen LogP contribution in [0.25, 0.3) is 0 Å². The highest BCUT2D eigenvalue weighted by atomic mass is 16.4. The molecular formula is C15H18N2O2. The molecule has 3 rings (SSSR count). The van der Waals surface area contributed by atoms with E-state index < -0.39 is 5.97 Å². The van der Waals surface area contributed by atoms with E-state index in [-0.39, 0.29) is 11.8 Å². The summed E-state index contributed by atoms with van der Waals surface area (Å²) in [6.07, 6.45) is 2.15. The van der Waals surface area contributed by atoms with Gasteiger partial charge in [0, 0.05) is 24.6 Å². The summed E-state index contributed by atoms with van der Waals surface area (Å²) in [5, 5.41) is 9.12. The van der Waals surface area contributed by atoms with Gasteiger partial charge in [-0.1, -0.05) is 24.3 Å². The second-order valence-electron chi connectivity index (χ2n) is 5.52. The Morgan fingerprint density at radius 2 is 2.16 bits per heavy atom. The zero-order valence-corrected chi connectivity index (χ0v) is 11.1. The molecule has 0 unspecified atom stereocenters. The van der Waals surface area contributed by atoms with Gasteiger partial charge in [-0.25, -0.2) is 0 Å². The van der Waals surface area contributed by atoms with E-state index in [1.54, 1.807) is 0 Å². The van der Waals surface area contributed by atoms with Crippen LogP contribution in [0.3, 0.4) is 0 Å². The normalized spacial score (nSPS) is 20.3. The SMILES string of the molecule is CN1CCN=C1c1ccccc1C1(CC(=O)O)CC1. The van der Waals surface area contributed by atoms with Crippen molar-refractivity contribution in [1.29, 1.82) is 0 Å². The number of carboxylic acids is 1. The Morgan fingerprint density at radius 3 is 2.74 bits per heavy atom. The van der Waals surface area contributed by atoms with Crippen LogP contribution in [0.1, 0.15) is 30.4 Å². The standard InChI is InChI=1S/C15H18N2O2/c1-17-9-8-16-14(17)11-4-2-3-5-12(11)15(6-7-15)10-13(18)19/h2-5H,6-10H2,1H3,(H,18,19). The molecule has 4 heteroatoms. The summed E-state index contributed by atoms with van der Waals surface area (Å²) in [5.74, 6) is 0.293. The molecule has 1 saturated carbocycles. The van der Waals surface area contributed by atoms with Crippen molar-refractivity contribution in [2.45, 2.75) is 24.7 Å². The van der Waals surface area contributed by atoms with Crippen LogP contribution < -0.4 is 0 Å². The summed E-state index contributed by atoms with van der Waals surface area (Å²) in [7, 11) is 2.04. The van der Waals surface area contributed by atoms with Crippen molar-refractivity contribution in [3.63, 3.8) is 0 Å². The smallest absolute Gasteiger partial charge is 0.304 e. The van der Waals surface area contributed by atoms with Gasteiger partial charge in [-0.2, -0.15) is 0 Å².